The van der Waals surface area contributed by atoms with Crippen LogP contribution in [0.2, 0.25) is 0 Å². The Balaban J connectivity index is 1.49. The van der Waals surface area contributed by atoms with Crippen LogP contribution in [0.1, 0.15) is 10.4 Å². The molecule has 0 radical (unpaired) electrons. The molecular formula is C19H20F2N2OS. The van der Waals surface area contributed by atoms with Crippen molar-refractivity contribution in [3.8, 4) is 0 Å². The Labute approximate surface area is 150 Å². The van der Waals surface area contributed by atoms with E-state index < -0.39 is 11.6 Å². The summed E-state index contributed by atoms with van der Waals surface area (Å²) in [7, 11) is 0. The fraction of sp³-hybridized carbons (Fsp3) is 0.316. The molecule has 1 amide bonds. The number of carbonyl (C=O) groups is 1. The number of nitrogens with zero attached hydrogens (tertiary/aromatic N) is 2. The molecule has 0 aliphatic carbocycles. The van der Waals surface area contributed by atoms with E-state index in [0.29, 0.717) is 13.1 Å². The lowest BCUT2D eigenvalue weighted by Crippen LogP contribution is -2.48. The van der Waals surface area contributed by atoms with Gasteiger partial charge in [0, 0.05) is 49.2 Å². The molecule has 0 spiro atoms. The zero-order valence-electron chi connectivity index (χ0n) is 13.8. The van der Waals surface area contributed by atoms with E-state index in [1.54, 1.807) is 16.2 Å². The molecule has 1 fully saturated rings. The molecule has 0 atom stereocenters. The molecule has 0 N–H and O–H groups in total. The average molecular weight is 362 g/mol. The summed E-state index contributed by atoms with van der Waals surface area (Å²) < 4.78 is 27.1. The highest BCUT2D eigenvalue weighted by molar-refractivity contribution is 7.09. The molecule has 1 saturated heterocycles. The predicted octanol–water partition coefficient (Wildman–Crippen LogP) is 3.43. The summed E-state index contributed by atoms with van der Waals surface area (Å²) in [5.41, 5.74) is -0.176. The quantitative estimate of drug-likeness (QED) is 0.761. The molecule has 1 aliphatic rings. The molecule has 3 rings (SSSR count). The largest absolute Gasteiger partial charge is 0.337 e. The summed E-state index contributed by atoms with van der Waals surface area (Å²) in [6, 6.07) is 7.86. The molecule has 1 aliphatic heterocycles. The van der Waals surface area contributed by atoms with E-state index in [1.807, 2.05) is 0 Å². The van der Waals surface area contributed by atoms with Crippen molar-refractivity contribution < 1.29 is 13.6 Å². The van der Waals surface area contributed by atoms with Gasteiger partial charge in [-0.2, -0.15) is 0 Å². The molecule has 6 heteroatoms. The van der Waals surface area contributed by atoms with Crippen LogP contribution in [0.15, 0.2) is 41.8 Å². The predicted molar refractivity (Wildman–Crippen MR) is 96.4 cm³/mol. The Hall–Kier alpha value is -2.05. The van der Waals surface area contributed by atoms with Crippen LogP contribution in [-0.2, 0) is 11.2 Å². The molecule has 2 heterocycles. The van der Waals surface area contributed by atoms with Crippen LogP contribution in [0.5, 0.6) is 0 Å². The highest BCUT2D eigenvalue weighted by Crippen LogP contribution is 2.14. The van der Waals surface area contributed by atoms with E-state index >= 15 is 0 Å². The molecule has 2 aromatic rings. The van der Waals surface area contributed by atoms with Crippen molar-refractivity contribution >= 4 is 23.3 Å². The SMILES string of the molecule is O=C(/C=C/c1c(F)cccc1F)N1CCN(CCc2cccs2)CC1. The second kappa shape index (κ2) is 8.36. The number of piperazine rings is 1. The lowest BCUT2D eigenvalue weighted by atomic mass is 10.1. The van der Waals surface area contributed by atoms with Gasteiger partial charge in [0.15, 0.2) is 0 Å². The number of amides is 1. The number of rotatable bonds is 5. The van der Waals surface area contributed by atoms with Crippen molar-refractivity contribution in [2.24, 2.45) is 0 Å². The van der Waals surface area contributed by atoms with E-state index in [9.17, 15) is 13.6 Å². The van der Waals surface area contributed by atoms with Crippen molar-refractivity contribution in [2.45, 2.75) is 6.42 Å². The smallest absolute Gasteiger partial charge is 0.246 e. The third kappa shape index (κ3) is 4.74. The van der Waals surface area contributed by atoms with Crippen LogP contribution in [0.4, 0.5) is 8.78 Å². The van der Waals surface area contributed by atoms with Gasteiger partial charge < -0.3 is 4.90 Å². The van der Waals surface area contributed by atoms with Gasteiger partial charge >= 0.3 is 0 Å². The van der Waals surface area contributed by atoms with Gasteiger partial charge in [-0.15, -0.1) is 11.3 Å². The first-order valence-electron chi connectivity index (χ1n) is 8.29. The summed E-state index contributed by atoms with van der Waals surface area (Å²) in [5, 5.41) is 2.08. The Bertz CT molecular complexity index is 718. The molecule has 3 nitrogen and oxygen atoms in total. The summed E-state index contributed by atoms with van der Waals surface area (Å²) in [6.45, 7) is 3.89. The van der Waals surface area contributed by atoms with Gasteiger partial charge in [0.2, 0.25) is 5.91 Å². The number of benzene rings is 1. The molecular weight excluding hydrogens is 342 g/mol. The Morgan fingerprint density at radius 1 is 1.08 bits per heavy atom. The number of carbonyl (C=O) groups excluding carboxylic acids is 1. The lowest BCUT2D eigenvalue weighted by Gasteiger charge is -2.34. The first-order valence-corrected chi connectivity index (χ1v) is 9.17. The summed E-state index contributed by atoms with van der Waals surface area (Å²) in [4.78, 5) is 17.6. The van der Waals surface area contributed by atoms with Crippen molar-refractivity contribution in [3.63, 3.8) is 0 Å². The topological polar surface area (TPSA) is 23.6 Å². The molecule has 1 aromatic carbocycles. The van der Waals surface area contributed by atoms with E-state index in [0.717, 1.165) is 26.1 Å². The Morgan fingerprint density at radius 2 is 1.80 bits per heavy atom. The van der Waals surface area contributed by atoms with Gasteiger partial charge in [-0.25, -0.2) is 8.78 Å². The summed E-state index contributed by atoms with van der Waals surface area (Å²) >= 11 is 1.76. The van der Waals surface area contributed by atoms with Crippen LogP contribution in [0.25, 0.3) is 6.08 Å². The molecule has 25 heavy (non-hydrogen) atoms. The van der Waals surface area contributed by atoms with Gasteiger partial charge in [0.05, 0.1) is 0 Å². The molecule has 0 unspecified atom stereocenters. The number of halogens is 2. The second-order valence-electron chi connectivity index (χ2n) is 5.96. The second-order valence-corrected chi connectivity index (χ2v) is 7.00. The zero-order valence-corrected chi connectivity index (χ0v) is 14.6. The van der Waals surface area contributed by atoms with Crippen molar-refractivity contribution in [1.82, 2.24) is 9.80 Å². The highest BCUT2D eigenvalue weighted by atomic mass is 32.1. The zero-order chi connectivity index (χ0) is 17.6. The Morgan fingerprint density at radius 3 is 2.44 bits per heavy atom. The minimum atomic E-state index is -0.664. The number of hydrogen-bond acceptors (Lipinski definition) is 3. The van der Waals surface area contributed by atoms with Gasteiger partial charge in [0.25, 0.3) is 0 Å². The van der Waals surface area contributed by atoms with E-state index in [-0.39, 0.29) is 11.5 Å². The van der Waals surface area contributed by atoms with Gasteiger partial charge in [-0.05, 0) is 36.1 Å². The number of hydrogen-bond donors (Lipinski definition) is 0. The van der Waals surface area contributed by atoms with Crippen molar-refractivity contribution in [3.05, 3.63) is 63.9 Å². The van der Waals surface area contributed by atoms with E-state index in [2.05, 4.69) is 22.4 Å². The maximum atomic E-state index is 13.6. The summed E-state index contributed by atoms with van der Waals surface area (Å²) in [5.74, 6) is -1.54. The molecule has 1 aromatic heterocycles. The molecule has 0 saturated carbocycles. The number of thiophene rings is 1. The molecule has 0 bridgehead atoms. The van der Waals surface area contributed by atoms with Gasteiger partial charge in [-0.1, -0.05) is 12.1 Å². The average Bonchev–Trinajstić information content (AvgIpc) is 3.13. The molecule has 132 valence electrons. The summed E-state index contributed by atoms with van der Waals surface area (Å²) in [6.07, 6.45) is 3.50. The first kappa shape index (κ1) is 17.8. The standard InChI is InChI=1S/C19H20F2N2OS/c20-17-4-1-5-18(21)16(17)6-7-19(24)23-12-10-22(11-13-23)9-8-15-3-2-14-25-15/h1-7,14H,8-13H2/b7-6+. The van der Waals surface area contributed by atoms with Gasteiger partial charge in [-0.3, -0.25) is 9.69 Å². The van der Waals surface area contributed by atoms with Crippen molar-refractivity contribution in [2.75, 3.05) is 32.7 Å². The van der Waals surface area contributed by atoms with Gasteiger partial charge in [0.1, 0.15) is 11.6 Å². The first-order chi connectivity index (χ1) is 12.1. The lowest BCUT2D eigenvalue weighted by molar-refractivity contribution is -0.127. The van der Waals surface area contributed by atoms with E-state index in [4.69, 9.17) is 0 Å². The van der Waals surface area contributed by atoms with Crippen LogP contribution in [-0.4, -0.2) is 48.4 Å². The minimum absolute atomic E-state index is 0.176. The monoisotopic (exact) mass is 362 g/mol. The third-order valence-electron chi connectivity index (χ3n) is 4.33. The van der Waals surface area contributed by atoms with Crippen molar-refractivity contribution in [1.29, 1.82) is 0 Å². The third-order valence-corrected chi connectivity index (χ3v) is 5.27. The van der Waals surface area contributed by atoms with Crippen LogP contribution < -0.4 is 0 Å². The van der Waals surface area contributed by atoms with Crippen LogP contribution in [0.3, 0.4) is 0 Å². The van der Waals surface area contributed by atoms with Crippen LogP contribution in [0, 0.1) is 11.6 Å². The van der Waals surface area contributed by atoms with Crippen LogP contribution >= 0.6 is 11.3 Å². The fourth-order valence-corrected chi connectivity index (χ4v) is 3.54. The fourth-order valence-electron chi connectivity index (χ4n) is 2.84. The van der Waals surface area contributed by atoms with E-state index in [1.165, 1.54) is 35.2 Å². The normalized spacial score (nSPS) is 15.8. The highest BCUT2D eigenvalue weighted by Gasteiger charge is 2.19. The maximum Gasteiger partial charge on any atom is 0.246 e. The minimum Gasteiger partial charge on any atom is -0.337 e. The Kier molecular flexibility index (Phi) is 5.94. The maximum absolute atomic E-state index is 13.6.